The Bertz CT molecular complexity index is 561. The molecule has 2 N–H and O–H groups in total. The van der Waals surface area contributed by atoms with Crippen molar-refractivity contribution in [3.63, 3.8) is 0 Å². The summed E-state index contributed by atoms with van der Waals surface area (Å²) < 4.78 is 5.43. The molecule has 0 aliphatic heterocycles. The van der Waals surface area contributed by atoms with Gasteiger partial charge in [-0.15, -0.1) is 0 Å². The first-order chi connectivity index (χ1) is 8.06. The number of nitrogens with one attached hydrogen (secondary N) is 1. The van der Waals surface area contributed by atoms with E-state index >= 15 is 0 Å². The second kappa shape index (κ2) is 4.45. The van der Waals surface area contributed by atoms with Crippen molar-refractivity contribution in [3.8, 4) is 11.5 Å². The summed E-state index contributed by atoms with van der Waals surface area (Å²) in [5.41, 5.74) is 0. The zero-order valence-corrected chi connectivity index (χ0v) is 9.90. The van der Waals surface area contributed by atoms with E-state index in [4.69, 9.17) is 10.1 Å². The summed E-state index contributed by atoms with van der Waals surface area (Å²) in [6.07, 6.45) is 0. The van der Waals surface area contributed by atoms with Crippen LogP contribution in [0.25, 0.3) is 10.8 Å². The van der Waals surface area contributed by atoms with Crippen LogP contribution in [-0.2, 0) is 0 Å². The van der Waals surface area contributed by atoms with Gasteiger partial charge in [-0.25, -0.2) is 0 Å². The highest BCUT2D eigenvalue weighted by Crippen LogP contribution is 2.24. The predicted molar refractivity (Wildman–Crippen MR) is 68.8 cm³/mol. The maximum atomic E-state index is 9.35. The number of phenols is 1. The molecule has 0 aromatic heterocycles. The average Bonchev–Trinajstić information content (AvgIpc) is 2.29. The van der Waals surface area contributed by atoms with E-state index in [0.717, 1.165) is 10.8 Å². The molecule has 17 heavy (non-hydrogen) atoms. The molecule has 0 bridgehead atoms. The minimum atomic E-state index is 0.0746. The van der Waals surface area contributed by atoms with Crippen LogP contribution in [0, 0.1) is 11.3 Å². The normalized spacial score (nSPS) is 10.8. The predicted octanol–water partition coefficient (Wildman–Crippen LogP) is 3.56. The molecule has 0 aliphatic carbocycles. The third kappa shape index (κ3) is 2.56. The number of benzene rings is 2. The van der Waals surface area contributed by atoms with E-state index in [1.807, 2.05) is 32.0 Å². The molecular weight excluding hydrogens is 214 g/mol. The second-order valence-corrected chi connectivity index (χ2v) is 4.31. The van der Waals surface area contributed by atoms with Gasteiger partial charge in [-0.1, -0.05) is 26.0 Å². The molecule has 0 fully saturated rings. The van der Waals surface area contributed by atoms with Crippen molar-refractivity contribution >= 4 is 16.7 Å². The lowest BCUT2D eigenvalue weighted by Gasteiger charge is -2.10. The minimum Gasteiger partial charge on any atom is -0.508 e. The average molecular weight is 229 g/mol. The summed E-state index contributed by atoms with van der Waals surface area (Å²) >= 11 is 0. The van der Waals surface area contributed by atoms with E-state index < -0.39 is 0 Å². The molecule has 0 amide bonds. The van der Waals surface area contributed by atoms with Gasteiger partial charge in [0.25, 0.3) is 0 Å². The number of rotatable bonds is 2. The molecule has 0 atom stereocenters. The Hall–Kier alpha value is -2.03. The van der Waals surface area contributed by atoms with Crippen molar-refractivity contribution in [2.75, 3.05) is 0 Å². The number of hydrogen-bond donors (Lipinski definition) is 2. The van der Waals surface area contributed by atoms with Gasteiger partial charge in [-0.05, 0) is 35.0 Å². The van der Waals surface area contributed by atoms with Gasteiger partial charge >= 0.3 is 0 Å². The van der Waals surface area contributed by atoms with Gasteiger partial charge in [0.2, 0.25) is 0 Å². The first-order valence-electron chi connectivity index (χ1n) is 5.55. The molecule has 0 saturated heterocycles. The van der Waals surface area contributed by atoms with Gasteiger partial charge in [0, 0.05) is 5.92 Å². The SMILES string of the molecule is CC(C)C(=N)Oc1ccc2cc(O)ccc2c1. The summed E-state index contributed by atoms with van der Waals surface area (Å²) in [5, 5.41) is 18.9. The van der Waals surface area contributed by atoms with Crippen LogP contribution in [0.3, 0.4) is 0 Å². The second-order valence-electron chi connectivity index (χ2n) is 4.31. The molecule has 2 aromatic carbocycles. The quantitative estimate of drug-likeness (QED) is 0.611. The van der Waals surface area contributed by atoms with Crippen LogP contribution < -0.4 is 4.74 Å². The topological polar surface area (TPSA) is 53.3 Å². The Morgan fingerprint density at radius 1 is 1.12 bits per heavy atom. The van der Waals surface area contributed by atoms with Crippen molar-refractivity contribution in [3.05, 3.63) is 36.4 Å². The summed E-state index contributed by atoms with van der Waals surface area (Å²) in [6, 6.07) is 10.7. The van der Waals surface area contributed by atoms with Crippen molar-refractivity contribution in [1.29, 1.82) is 5.41 Å². The Balaban J connectivity index is 2.32. The highest BCUT2D eigenvalue weighted by molar-refractivity contribution is 5.86. The van der Waals surface area contributed by atoms with Gasteiger partial charge < -0.3 is 9.84 Å². The summed E-state index contributed by atoms with van der Waals surface area (Å²) in [6.45, 7) is 3.84. The Morgan fingerprint density at radius 3 is 2.47 bits per heavy atom. The van der Waals surface area contributed by atoms with E-state index in [9.17, 15) is 5.11 Å². The van der Waals surface area contributed by atoms with Crippen molar-refractivity contribution < 1.29 is 9.84 Å². The molecular formula is C14H15NO2. The van der Waals surface area contributed by atoms with Crippen LogP contribution >= 0.6 is 0 Å². The molecule has 2 rings (SSSR count). The molecule has 3 nitrogen and oxygen atoms in total. The van der Waals surface area contributed by atoms with Crippen LogP contribution in [0.5, 0.6) is 11.5 Å². The van der Waals surface area contributed by atoms with Gasteiger partial charge in [-0.3, -0.25) is 5.41 Å². The fraction of sp³-hybridized carbons (Fsp3) is 0.214. The number of phenolic OH excluding ortho intramolecular Hbond substituents is 1. The van der Waals surface area contributed by atoms with Crippen LogP contribution in [0.1, 0.15) is 13.8 Å². The largest absolute Gasteiger partial charge is 0.508 e. The lowest BCUT2D eigenvalue weighted by atomic mass is 10.1. The zero-order chi connectivity index (χ0) is 12.4. The van der Waals surface area contributed by atoms with E-state index in [0.29, 0.717) is 5.75 Å². The minimum absolute atomic E-state index is 0.0746. The first kappa shape index (κ1) is 11.5. The number of hydrogen-bond acceptors (Lipinski definition) is 3. The fourth-order valence-electron chi connectivity index (χ4n) is 1.52. The van der Waals surface area contributed by atoms with Gasteiger partial charge in [-0.2, -0.15) is 0 Å². The lowest BCUT2D eigenvalue weighted by Crippen LogP contribution is -2.13. The fourth-order valence-corrected chi connectivity index (χ4v) is 1.52. The lowest BCUT2D eigenvalue weighted by molar-refractivity contribution is 0.476. The number of aromatic hydroxyl groups is 1. The monoisotopic (exact) mass is 229 g/mol. The van der Waals surface area contributed by atoms with Crippen LogP contribution in [0.15, 0.2) is 36.4 Å². The molecule has 0 spiro atoms. The van der Waals surface area contributed by atoms with E-state index in [1.54, 1.807) is 18.2 Å². The summed E-state index contributed by atoms with van der Waals surface area (Å²) in [7, 11) is 0. The maximum absolute atomic E-state index is 9.35. The highest BCUT2D eigenvalue weighted by Gasteiger charge is 2.06. The van der Waals surface area contributed by atoms with Crippen molar-refractivity contribution in [2.24, 2.45) is 5.92 Å². The standard InChI is InChI=1S/C14H15NO2/c1-9(2)14(15)17-13-6-4-10-7-12(16)5-3-11(10)8-13/h3-9,15-16H,1-2H3. The summed E-state index contributed by atoms with van der Waals surface area (Å²) in [4.78, 5) is 0. The molecule has 3 heteroatoms. The Labute approximate surface area is 100 Å². The molecule has 88 valence electrons. The third-order valence-electron chi connectivity index (χ3n) is 2.55. The van der Waals surface area contributed by atoms with Gasteiger partial charge in [0.1, 0.15) is 11.5 Å². The highest BCUT2D eigenvalue weighted by atomic mass is 16.5. The molecule has 2 aromatic rings. The Morgan fingerprint density at radius 2 is 1.76 bits per heavy atom. The molecule has 0 radical (unpaired) electrons. The molecule has 0 aliphatic rings. The first-order valence-corrected chi connectivity index (χ1v) is 5.55. The van der Waals surface area contributed by atoms with E-state index in [-0.39, 0.29) is 17.6 Å². The van der Waals surface area contributed by atoms with Gasteiger partial charge in [0.15, 0.2) is 5.90 Å². The maximum Gasteiger partial charge on any atom is 0.189 e. The molecule has 0 unspecified atom stereocenters. The molecule has 0 saturated carbocycles. The van der Waals surface area contributed by atoms with Crippen molar-refractivity contribution in [2.45, 2.75) is 13.8 Å². The van der Waals surface area contributed by atoms with Crippen LogP contribution in [0.4, 0.5) is 0 Å². The zero-order valence-electron chi connectivity index (χ0n) is 9.90. The smallest absolute Gasteiger partial charge is 0.189 e. The number of fused-ring (bicyclic) bond motifs is 1. The van der Waals surface area contributed by atoms with Crippen LogP contribution in [-0.4, -0.2) is 11.0 Å². The molecule has 0 heterocycles. The van der Waals surface area contributed by atoms with E-state index in [2.05, 4.69) is 0 Å². The Kier molecular flexibility index (Phi) is 3.00. The van der Waals surface area contributed by atoms with Crippen molar-refractivity contribution in [1.82, 2.24) is 0 Å². The van der Waals surface area contributed by atoms with Crippen LogP contribution in [0.2, 0.25) is 0 Å². The van der Waals surface area contributed by atoms with E-state index in [1.165, 1.54) is 0 Å². The third-order valence-corrected chi connectivity index (χ3v) is 2.55. The summed E-state index contributed by atoms with van der Waals surface area (Å²) in [5.74, 6) is 1.23. The number of ether oxygens (including phenoxy) is 1. The van der Waals surface area contributed by atoms with Gasteiger partial charge in [0.05, 0.1) is 0 Å².